The molecule has 1 heterocycles. The number of carboxylic acid groups (broad SMARTS) is 1. The molecule has 0 saturated carbocycles. The van der Waals surface area contributed by atoms with Crippen LogP contribution >= 0.6 is 0 Å². The van der Waals surface area contributed by atoms with Gasteiger partial charge in [-0.05, 0) is 31.2 Å². The van der Waals surface area contributed by atoms with E-state index in [1.54, 1.807) is 12.1 Å². The normalized spacial score (nSPS) is 16.1. The molecular weight excluding hydrogens is 274 g/mol. The van der Waals surface area contributed by atoms with Crippen LogP contribution < -0.4 is 15.5 Å². The van der Waals surface area contributed by atoms with Crippen LogP contribution in [0.15, 0.2) is 24.3 Å². The highest BCUT2D eigenvalue weighted by molar-refractivity contribution is 5.92. The number of nitrogens with zero attached hydrogens (tertiary/aromatic N) is 1. The lowest BCUT2D eigenvalue weighted by Gasteiger charge is -2.28. The summed E-state index contributed by atoms with van der Waals surface area (Å²) in [5, 5.41) is 13.6. The molecule has 3 N–H and O–H groups in total. The Morgan fingerprint density at radius 3 is 2.43 bits per heavy atom. The average molecular weight is 293 g/mol. The van der Waals surface area contributed by atoms with Crippen molar-refractivity contribution in [3.8, 4) is 0 Å². The van der Waals surface area contributed by atoms with Crippen molar-refractivity contribution < 1.29 is 19.4 Å². The average Bonchev–Trinajstić information content (AvgIpc) is 2.48. The molecule has 0 bridgehead atoms. The quantitative estimate of drug-likeness (QED) is 0.774. The first-order valence-electron chi connectivity index (χ1n) is 6.79. The number of morpholine rings is 1. The second-order valence-corrected chi connectivity index (χ2v) is 4.80. The van der Waals surface area contributed by atoms with Gasteiger partial charge >= 0.3 is 12.0 Å². The summed E-state index contributed by atoms with van der Waals surface area (Å²) < 4.78 is 5.30. The van der Waals surface area contributed by atoms with Crippen LogP contribution in [-0.4, -0.2) is 49.5 Å². The summed E-state index contributed by atoms with van der Waals surface area (Å²) in [6.45, 7) is 4.54. The molecule has 7 heteroatoms. The predicted octanol–water partition coefficient (Wildman–Crippen LogP) is 1.12. The summed E-state index contributed by atoms with van der Waals surface area (Å²) in [5.41, 5.74) is 1.69. The standard InChI is InChI=1S/C14H19N3O4/c1-10(13(18)19)15-14(20)16-11-2-4-12(5-3-11)17-6-8-21-9-7-17/h2-5,10H,6-9H2,1H3,(H,18,19)(H2,15,16,20)/t10-/m0/s1. The SMILES string of the molecule is C[C@H](NC(=O)Nc1ccc(N2CCOCC2)cc1)C(=O)O. The maximum Gasteiger partial charge on any atom is 0.325 e. The molecule has 2 amide bonds. The molecule has 0 aromatic heterocycles. The van der Waals surface area contributed by atoms with E-state index in [0.29, 0.717) is 5.69 Å². The highest BCUT2D eigenvalue weighted by atomic mass is 16.5. The van der Waals surface area contributed by atoms with E-state index in [1.165, 1.54) is 6.92 Å². The predicted molar refractivity (Wildman–Crippen MR) is 78.7 cm³/mol. The highest BCUT2D eigenvalue weighted by Gasteiger charge is 2.14. The van der Waals surface area contributed by atoms with E-state index in [9.17, 15) is 9.59 Å². The van der Waals surface area contributed by atoms with Gasteiger partial charge in [-0.2, -0.15) is 0 Å². The monoisotopic (exact) mass is 293 g/mol. The molecular formula is C14H19N3O4. The molecule has 0 spiro atoms. The topological polar surface area (TPSA) is 90.9 Å². The molecule has 1 saturated heterocycles. The van der Waals surface area contributed by atoms with Crippen molar-refractivity contribution in [3.05, 3.63) is 24.3 Å². The van der Waals surface area contributed by atoms with Crippen LogP contribution in [0.4, 0.5) is 16.2 Å². The fraction of sp³-hybridized carbons (Fsp3) is 0.429. The van der Waals surface area contributed by atoms with Gasteiger partial charge < -0.3 is 25.4 Å². The third kappa shape index (κ3) is 4.35. The minimum Gasteiger partial charge on any atom is -0.480 e. The molecule has 0 aliphatic carbocycles. The lowest BCUT2D eigenvalue weighted by molar-refractivity contribution is -0.138. The van der Waals surface area contributed by atoms with Crippen molar-refractivity contribution >= 4 is 23.4 Å². The Balaban J connectivity index is 1.89. The molecule has 1 aliphatic rings. The Labute approximate surface area is 122 Å². The largest absolute Gasteiger partial charge is 0.480 e. The smallest absolute Gasteiger partial charge is 0.325 e. The zero-order chi connectivity index (χ0) is 15.2. The minimum atomic E-state index is -1.08. The third-order valence-electron chi connectivity index (χ3n) is 3.22. The van der Waals surface area contributed by atoms with Gasteiger partial charge in [-0.25, -0.2) is 4.79 Å². The van der Waals surface area contributed by atoms with E-state index in [-0.39, 0.29) is 0 Å². The Hall–Kier alpha value is -2.28. The molecule has 1 fully saturated rings. The molecule has 1 aromatic rings. The Bertz CT molecular complexity index is 497. The van der Waals surface area contributed by atoms with Crippen LogP contribution in [0.1, 0.15) is 6.92 Å². The van der Waals surface area contributed by atoms with Gasteiger partial charge in [-0.3, -0.25) is 4.79 Å². The van der Waals surface area contributed by atoms with Crippen LogP contribution in [-0.2, 0) is 9.53 Å². The van der Waals surface area contributed by atoms with Gasteiger partial charge in [0, 0.05) is 24.5 Å². The molecule has 1 aliphatic heterocycles. The number of aliphatic carboxylic acids is 1. The summed E-state index contributed by atoms with van der Waals surface area (Å²) in [6.07, 6.45) is 0. The number of rotatable bonds is 4. The third-order valence-corrected chi connectivity index (χ3v) is 3.22. The summed E-state index contributed by atoms with van der Waals surface area (Å²) in [6, 6.07) is 5.94. The van der Waals surface area contributed by atoms with Crippen LogP contribution in [0.5, 0.6) is 0 Å². The second kappa shape index (κ2) is 6.94. The van der Waals surface area contributed by atoms with Crippen molar-refractivity contribution in [3.63, 3.8) is 0 Å². The highest BCUT2D eigenvalue weighted by Crippen LogP contribution is 2.18. The van der Waals surface area contributed by atoms with Gasteiger partial charge in [0.1, 0.15) is 6.04 Å². The van der Waals surface area contributed by atoms with Gasteiger partial charge in [0.25, 0.3) is 0 Å². The summed E-state index contributed by atoms with van der Waals surface area (Å²) in [5.74, 6) is -1.08. The van der Waals surface area contributed by atoms with Crippen LogP contribution in [0.2, 0.25) is 0 Å². The first-order chi connectivity index (χ1) is 10.1. The fourth-order valence-corrected chi connectivity index (χ4v) is 2.00. The number of carbonyl (C=O) groups excluding carboxylic acids is 1. The van der Waals surface area contributed by atoms with Gasteiger partial charge in [0.15, 0.2) is 0 Å². The summed E-state index contributed by atoms with van der Waals surface area (Å²) in [7, 11) is 0. The van der Waals surface area contributed by atoms with E-state index < -0.39 is 18.0 Å². The second-order valence-electron chi connectivity index (χ2n) is 4.80. The minimum absolute atomic E-state index is 0.538. The van der Waals surface area contributed by atoms with Gasteiger partial charge in [0.05, 0.1) is 13.2 Å². The van der Waals surface area contributed by atoms with Crippen molar-refractivity contribution in [2.45, 2.75) is 13.0 Å². The molecule has 7 nitrogen and oxygen atoms in total. The number of hydrogen-bond acceptors (Lipinski definition) is 4. The number of carbonyl (C=O) groups is 2. The zero-order valence-corrected chi connectivity index (χ0v) is 11.8. The van der Waals surface area contributed by atoms with Crippen LogP contribution in [0.25, 0.3) is 0 Å². The van der Waals surface area contributed by atoms with Crippen molar-refractivity contribution in [2.75, 3.05) is 36.5 Å². The Kier molecular flexibility index (Phi) is 4.99. The molecule has 1 atom stereocenters. The maximum absolute atomic E-state index is 11.6. The number of amides is 2. The zero-order valence-electron chi connectivity index (χ0n) is 11.8. The van der Waals surface area contributed by atoms with Gasteiger partial charge in [-0.15, -0.1) is 0 Å². The van der Waals surface area contributed by atoms with Crippen LogP contribution in [0.3, 0.4) is 0 Å². The number of ether oxygens (including phenoxy) is 1. The van der Waals surface area contributed by atoms with Crippen molar-refractivity contribution in [2.24, 2.45) is 0 Å². The molecule has 0 unspecified atom stereocenters. The number of anilines is 2. The van der Waals surface area contributed by atoms with E-state index in [1.807, 2.05) is 12.1 Å². The molecule has 21 heavy (non-hydrogen) atoms. The maximum atomic E-state index is 11.6. The lowest BCUT2D eigenvalue weighted by Crippen LogP contribution is -2.40. The van der Waals surface area contributed by atoms with E-state index >= 15 is 0 Å². The molecule has 2 rings (SSSR count). The molecule has 0 radical (unpaired) electrons. The van der Waals surface area contributed by atoms with E-state index in [2.05, 4.69) is 15.5 Å². The Morgan fingerprint density at radius 2 is 1.86 bits per heavy atom. The van der Waals surface area contributed by atoms with Gasteiger partial charge in [-0.1, -0.05) is 0 Å². The van der Waals surface area contributed by atoms with E-state index in [4.69, 9.17) is 9.84 Å². The first-order valence-corrected chi connectivity index (χ1v) is 6.79. The van der Waals surface area contributed by atoms with Gasteiger partial charge in [0.2, 0.25) is 0 Å². The lowest BCUT2D eigenvalue weighted by atomic mass is 10.2. The number of carboxylic acids is 1. The van der Waals surface area contributed by atoms with E-state index in [0.717, 1.165) is 32.0 Å². The Morgan fingerprint density at radius 1 is 1.24 bits per heavy atom. The van der Waals surface area contributed by atoms with Crippen molar-refractivity contribution in [1.82, 2.24) is 5.32 Å². The number of hydrogen-bond donors (Lipinski definition) is 3. The fourth-order valence-electron chi connectivity index (χ4n) is 2.00. The summed E-state index contributed by atoms with van der Waals surface area (Å²) >= 11 is 0. The number of nitrogens with one attached hydrogen (secondary N) is 2. The number of urea groups is 1. The summed E-state index contributed by atoms with van der Waals surface area (Å²) in [4.78, 5) is 24.5. The molecule has 1 aromatic carbocycles. The first kappa shape index (κ1) is 15.1. The van der Waals surface area contributed by atoms with Crippen molar-refractivity contribution in [1.29, 1.82) is 0 Å². The number of benzene rings is 1. The van der Waals surface area contributed by atoms with Crippen LogP contribution in [0, 0.1) is 0 Å². The molecule has 114 valence electrons.